The molecule has 1 aliphatic rings. The highest BCUT2D eigenvalue weighted by Crippen LogP contribution is 2.38. The van der Waals surface area contributed by atoms with Crippen LogP contribution in [0.4, 0.5) is 5.69 Å². The van der Waals surface area contributed by atoms with Crippen molar-refractivity contribution in [1.82, 2.24) is 5.32 Å². The van der Waals surface area contributed by atoms with Gasteiger partial charge in [-0.05, 0) is 48.9 Å². The average Bonchev–Trinajstić information content (AvgIpc) is 2.55. The largest absolute Gasteiger partial charge is 0.326 e. The molecule has 0 aromatic heterocycles. The lowest BCUT2D eigenvalue weighted by molar-refractivity contribution is -0.120. The Morgan fingerprint density at radius 3 is 2.71 bits per heavy atom. The summed E-state index contributed by atoms with van der Waals surface area (Å²) >= 11 is 6.46. The van der Waals surface area contributed by atoms with Gasteiger partial charge in [0.05, 0.1) is 0 Å². The van der Waals surface area contributed by atoms with Crippen molar-refractivity contribution in [1.29, 1.82) is 0 Å². The van der Waals surface area contributed by atoms with E-state index < -0.39 is 5.66 Å². The molecule has 0 aliphatic carbocycles. The second kappa shape index (κ2) is 6.54. The minimum Gasteiger partial charge on any atom is -0.326 e. The first-order chi connectivity index (χ1) is 11.5. The van der Waals surface area contributed by atoms with Crippen molar-refractivity contribution in [2.75, 3.05) is 4.90 Å². The van der Waals surface area contributed by atoms with Gasteiger partial charge in [-0.3, -0.25) is 4.79 Å². The van der Waals surface area contributed by atoms with Gasteiger partial charge in [-0.1, -0.05) is 41.9 Å². The lowest BCUT2D eigenvalue weighted by Crippen LogP contribution is -2.55. The van der Waals surface area contributed by atoms with E-state index in [0.717, 1.165) is 16.8 Å². The maximum Gasteiger partial charge on any atom is 0.219 e. The van der Waals surface area contributed by atoms with Crippen LogP contribution in [0.5, 0.6) is 0 Å². The molecule has 1 heterocycles. The van der Waals surface area contributed by atoms with Crippen molar-refractivity contribution < 1.29 is 4.79 Å². The van der Waals surface area contributed by atoms with E-state index >= 15 is 0 Å². The molecular formula is C20H18ClN2O. The van der Waals surface area contributed by atoms with E-state index in [1.807, 2.05) is 72.6 Å². The number of rotatable bonds is 3. The molecular weight excluding hydrogens is 320 g/mol. The Balaban J connectivity index is 2.22. The van der Waals surface area contributed by atoms with Crippen LogP contribution in [-0.2, 0) is 10.5 Å². The minimum atomic E-state index is -0.924. The quantitative estimate of drug-likeness (QED) is 0.904. The molecule has 121 valence electrons. The maximum atomic E-state index is 12.0. The molecule has 0 spiro atoms. The number of nitrogens with zero attached hydrogens (tertiary/aromatic N) is 1. The highest BCUT2D eigenvalue weighted by molar-refractivity contribution is 6.31. The summed E-state index contributed by atoms with van der Waals surface area (Å²) in [4.78, 5) is 14.0. The van der Waals surface area contributed by atoms with Crippen LogP contribution in [-0.4, -0.2) is 5.91 Å². The minimum absolute atomic E-state index is 0.152. The molecule has 3 rings (SSSR count). The molecule has 1 unspecified atom stereocenters. The van der Waals surface area contributed by atoms with Crippen molar-refractivity contribution in [3.8, 4) is 0 Å². The Labute approximate surface area is 147 Å². The number of benzene rings is 2. The molecule has 0 saturated carbocycles. The summed E-state index contributed by atoms with van der Waals surface area (Å²) < 4.78 is 0. The number of amides is 1. The Morgan fingerprint density at radius 2 is 2.00 bits per heavy atom. The van der Waals surface area contributed by atoms with E-state index in [1.165, 1.54) is 6.92 Å². The van der Waals surface area contributed by atoms with Gasteiger partial charge in [0.1, 0.15) is 0 Å². The predicted molar refractivity (Wildman–Crippen MR) is 97.6 cm³/mol. The Kier molecular flexibility index (Phi) is 4.45. The topological polar surface area (TPSA) is 32.3 Å². The molecule has 1 amide bonds. The van der Waals surface area contributed by atoms with Crippen LogP contribution in [0, 0.1) is 13.0 Å². The van der Waals surface area contributed by atoms with Gasteiger partial charge in [0.25, 0.3) is 0 Å². The molecule has 0 bridgehead atoms. The summed E-state index contributed by atoms with van der Waals surface area (Å²) in [5, 5.41) is 3.63. The Hall–Kier alpha value is -2.52. The third-order valence-electron chi connectivity index (χ3n) is 3.92. The number of nitrogens with one attached hydrogen (secondary N) is 1. The number of carbonyl (C=O) groups excluding carboxylic acids is 1. The van der Waals surface area contributed by atoms with Crippen LogP contribution >= 0.6 is 11.6 Å². The van der Waals surface area contributed by atoms with E-state index in [0.29, 0.717) is 5.02 Å². The van der Waals surface area contributed by atoms with Crippen LogP contribution in [0.15, 0.2) is 66.9 Å². The molecule has 3 nitrogen and oxygen atoms in total. The number of aryl methyl sites for hydroxylation is 1. The molecule has 2 aromatic rings. The second-order valence-electron chi connectivity index (χ2n) is 5.76. The van der Waals surface area contributed by atoms with Crippen molar-refractivity contribution in [2.45, 2.75) is 19.5 Å². The van der Waals surface area contributed by atoms with Gasteiger partial charge >= 0.3 is 0 Å². The lowest BCUT2D eigenvalue weighted by atomic mass is 9.93. The molecule has 24 heavy (non-hydrogen) atoms. The molecule has 0 saturated heterocycles. The van der Waals surface area contributed by atoms with Gasteiger partial charge in [0.15, 0.2) is 5.66 Å². The van der Waals surface area contributed by atoms with Crippen LogP contribution in [0.2, 0.25) is 5.02 Å². The highest BCUT2D eigenvalue weighted by Gasteiger charge is 2.39. The van der Waals surface area contributed by atoms with Gasteiger partial charge in [-0.2, -0.15) is 0 Å². The zero-order valence-electron chi connectivity index (χ0n) is 13.6. The number of carbonyl (C=O) groups is 1. The highest BCUT2D eigenvalue weighted by atomic mass is 35.5. The number of hydrogen-bond acceptors (Lipinski definition) is 2. The first-order valence-electron chi connectivity index (χ1n) is 7.70. The van der Waals surface area contributed by atoms with E-state index in [1.54, 1.807) is 0 Å². The van der Waals surface area contributed by atoms with E-state index in [-0.39, 0.29) is 5.91 Å². The van der Waals surface area contributed by atoms with Gasteiger partial charge in [0.2, 0.25) is 5.91 Å². The molecule has 1 aliphatic heterocycles. The predicted octanol–water partition coefficient (Wildman–Crippen LogP) is 4.33. The monoisotopic (exact) mass is 337 g/mol. The summed E-state index contributed by atoms with van der Waals surface area (Å²) in [6.45, 7) is 3.54. The van der Waals surface area contributed by atoms with E-state index in [9.17, 15) is 4.79 Å². The molecule has 1 radical (unpaired) electrons. The van der Waals surface area contributed by atoms with Crippen LogP contribution < -0.4 is 10.2 Å². The van der Waals surface area contributed by atoms with Gasteiger partial charge in [-0.25, -0.2) is 0 Å². The third-order valence-corrected chi connectivity index (χ3v) is 4.25. The van der Waals surface area contributed by atoms with Gasteiger partial charge in [-0.15, -0.1) is 0 Å². The summed E-state index contributed by atoms with van der Waals surface area (Å²) in [5.74, 6) is -0.152. The van der Waals surface area contributed by atoms with Crippen LogP contribution in [0.25, 0.3) is 0 Å². The van der Waals surface area contributed by atoms with Crippen molar-refractivity contribution in [3.63, 3.8) is 0 Å². The molecule has 2 aromatic carbocycles. The number of anilines is 1. The second-order valence-corrected chi connectivity index (χ2v) is 6.17. The van der Waals surface area contributed by atoms with Crippen molar-refractivity contribution in [2.24, 2.45) is 0 Å². The normalized spacial score (nSPS) is 19.4. The third kappa shape index (κ3) is 2.95. The number of hydrogen-bond donors (Lipinski definition) is 1. The smallest absolute Gasteiger partial charge is 0.219 e. The summed E-state index contributed by atoms with van der Waals surface area (Å²) in [6, 6.07) is 15.6. The first-order valence-corrected chi connectivity index (χ1v) is 8.07. The zero-order valence-corrected chi connectivity index (χ0v) is 14.3. The fraction of sp³-hybridized carbons (Fsp3) is 0.150. The lowest BCUT2D eigenvalue weighted by Gasteiger charge is -2.44. The Morgan fingerprint density at radius 1 is 1.21 bits per heavy atom. The fourth-order valence-electron chi connectivity index (χ4n) is 2.95. The molecule has 4 heteroatoms. The fourth-order valence-corrected chi connectivity index (χ4v) is 3.23. The standard InChI is InChI=1S/C20H18ClN2O/c1-15-8-7-9-17(14-15)23-13-6-5-12-20(23,22-16(2)24)18-10-3-4-11-19(18)21/h3-4,6-14H,1-2H3,(H,22,24). The van der Waals surface area contributed by atoms with Crippen LogP contribution in [0.1, 0.15) is 18.1 Å². The molecule has 1 atom stereocenters. The number of halogens is 1. The van der Waals surface area contributed by atoms with Gasteiger partial charge in [0, 0.05) is 29.4 Å². The molecule has 1 N–H and O–H groups in total. The van der Waals surface area contributed by atoms with Crippen molar-refractivity contribution >= 4 is 23.2 Å². The first kappa shape index (κ1) is 16.3. The summed E-state index contributed by atoms with van der Waals surface area (Å²) in [5.41, 5.74) is 1.96. The summed E-state index contributed by atoms with van der Waals surface area (Å²) in [7, 11) is 0. The SMILES string of the molecule is CC(=O)NC1(c2ccccc2Cl)C=[C]C=CN1c1cccc(C)c1. The Bertz CT molecular complexity index is 828. The summed E-state index contributed by atoms with van der Waals surface area (Å²) in [6.07, 6.45) is 8.65. The zero-order chi connectivity index (χ0) is 17.2. The van der Waals surface area contributed by atoms with E-state index in [2.05, 4.69) is 17.5 Å². The van der Waals surface area contributed by atoms with Crippen molar-refractivity contribution in [3.05, 3.63) is 89.1 Å². The van der Waals surface area contributed by atoms with E-state index in [4.69, 9.17) is 11.6 Å². The maximum absolute atomic E-state index is 12.0. The molecule has 0 fully saturated rings. The van der Waals surface area contributed by atoms with Gasteiger partial charge < -0.3 is 10.2 Å². The van der Waals surface area contributed by atoms with Crippen LogP contribution in [0.3, 0.4) is 0 Å². The number of allylic oxidation sites excluding steroid dienone is 2. The average molecular weight is 338 g/mol.